The number of guanidine groups is 1. The summed E-state index contributed by atoms with van der Waals surface area (Å²) in [6.07, 6.45) is 11.1. The second-order valence-corrected chi connectivity index (χ2v) is 9.29. The average molecular weight is 342 g/mol. The van der Waals surface area contributed by atoms with Gasteiger partial charge in [-0.1, -0.05) is 33.1 Å². The van der Waals surface area contributed by atoms with Crippen LogP contribution >= 0.6 is 0 Å². The number of nitrogens with zero attached hydrogens (tertiary/aromatic N) is 1. The maximum absolute atomic E-state index is 12.1. The first-order valence-corrected chi connectivity index (χ1v) is 10.8. The molecule has 0 radical (unpaired) electrons. The van der Waals surface area contributed by atoms with Crippen molar-refractivity contribution < 1.29 is 4.21 Å². The van der Waals surface area contributed by atoms with Gasteiger partial charge in [-0.15, -0.1) is 0 Å². The van der Waals surface area contributed by atoms with Crippen LogP contribution < -0.4 is 10.6 Å². The Labute approximate surface area is 144 Å². The molecular weight excluding hydrogens is 306 g/mol. The molecule has 5 heteroatoms. The molecule has 0 heterocycles. The summed E-state index contributed by atoms with van der Waals surface area (Å²) in [5.41, 5.74) is 0.469. The predicted octanol–water partition coefficient (Wildman–Crippen LogP) is 3.20. The smallest absolute Gasteiger partial charge is 0.191 e. The van der Waals surface area contributed by atoms with Gasteiger partial charge in [-0.25, -0.2) is 0 Å². The number of hydrogen-bond donors (Lipinski definition) is 2. The Morgan fingerprint density at radius 2 is 1.96 bits per heavy atom. The van der Waals surface area contributed by atoms with Crippen molar-refractivity contribution in [1.82, 2.24) is 10.6 Å². The number of aliphatic imine (C=N–C) groups is 1. The Kier molecular flexibility index (Phi) is 7.38. The van der Waals surface area contributed by atoms with Crippen molar-refractivity contribution in [1.29, 1.82) is 0 Å². The van der Waals surface area contributed by atoms with Crippen LogP contribution in [0.5, 0.6) is 0 Å². The monoisotopic (exact) mass is 341 g/mol. The van der Waals surface area contributed by atoms with Gasteiger partial charge in [0, 0.05) is 41.4 Å². The zero-order valence-electron chi connectivity index (χ0n) is 15.2. The summed E-state index contributed by atoms with van der Waals surface area (Å²) in [6.45, 7) is 5.37. The molecule has 2 rings (SSSR count). The van der Waals surface area contributed by atoms with E-state index in [1.165, 1.54) is 38.5 Å². The fraction of sp³-hybridized carbons (Fsp3) is 0.944. The molecule has 0 saturated heterocycles. The van der Waals surface area contributed by atoms with Crippen molar-refractivity contribution in [3.8, 4) is 0 Å². The molecule has 3 unspecified atom stereocenters. The van der Waals surface area contributed by atoms with Crippen molar-refractivity contribution in [2.45, 2.75) is 82.9 Å². The Morgan fingerprint density at radius 3 is 2.57 bits per heavy atom. The van der Waals surface area contributed by atoms with Crippen LogP contribution in [0, 0.1) is 5.41 Å². The molecule has 0 bridgehead atoms. The zero-order valence-corrected chi connectivity index (χ0v) is 16.0. The lowest BCUT2D eigenvalue weighted by Gasteiger charge is -2.32. The van der Waals surface area contributed by atoms with Crippen molar-refractivity contribution in [2.24, 2.45) is 10.4 Å². The minimum Gasteiger partial charge on any atom is -0.356 e. The maximum atomic E-state index is 12.1. The molecule has 2 N–H and O–H groups in total. The molecule has 23 heavy (non-hydrogen) atoms. The van der Waals surface area contributed by atoms with Crippen LogP contribution in [0.3, 0.4) is 0 Å². The van der Waals surface area contributed by atoms with Gasteiger partial charge in [0.2, 0.25) is 0 Å². The summed E-state index contributed by atoms with van der Waals surface area (Å²) < 4.78 is 12.1. The van der Waals surface area contributed by atoms with E-state index in [1.54, 1.807) is 0 Å². The lowest BCUT2D eigenvalue weighted by atomic mass is 9.83. The van der Waals surface area contributed by atoms with Gasteiger partial charge in [0.15, 0.2) is 5.96 Å². The third-order valence-electron chi connectivity index (χ3n) is 5.89. The van der Waals surface area contributed by atoms with Gasteiger partial charge in [0.25, 0.3) is 0 Å². The summed E-state index contributed by atoms with van der Waals surface area (Å²) in [7, 11) is 1.19. The van der Waals surface area contributed by atoms with Gasteiger partial charge >= 0.3 is 0 Å². The van der Waals surface area contributed by atoms with Crippen LogP contribution in [0.4, 0.5) is 0 Å². The first kappa shape index (κ1) is 18.8. The fourth-order valence-electron chi connectivity index (χ4n) is 4.19. The highest BCUT2D eigenvalue weighted by Crippen LogP contribution is 2.40. The highest BCUT2D eigenvalue weighted by Gasteiger charge is 2.32. The van der Waals surface area contributed by atoms with E-state index in [2.05, 4.69) is 22.5 Å². The topological polar surface area (TPSA) is 53.5 Å². The highest BCUT2D eigenvalue weighted by atomic mass is 32.2. The molecule has 2 saturated carbocycles. The van der Waals surface area contributed by atoms with Crippen LogP contribution in [-0.4, -0.2) is 40.8 Å². The number of rotatable bonds is 6. The van der Waals surface area contributed by atoms with E-state index in [4.69, 9.17) is 0 Å². The van der Waals surface area contributed by atoms with E-state index in [9.17, 15) is 4.21 Å². The molecule has 0 amide bonds. The molecule has 0 aromatic rings. The Morgan fingerprint density at radius 1 is 1.22 bits per heavy atom. The van der Waals surface area contributed by atoms with Crippen LogP contribution in [0.2, 0.25) is 0 Å². The van der Waals surface area contributed by atoms with E-state index in [0.717, 1.165) is 37.5 Å². The van der Waals surface area contributed by atoms with Gasteiger partial charge in [0.1, 0.15) is 0 Å². The maximum Gasteiger partial charge on any atom is 0.191 e. The largest absolute Gasteiger partial charge is 0.356 e. The summed E-state index contributed by atoms with van der Waals surface area (Å²) in [5, 5.41) is 7.52. The molecule has 0 aliphatic heterocycles. The first-order chi connectivity index (χ1) is 11.1. The molecule has 0 aromatic carbocycles. The summed E-state index contributed by atoms with van der Waals surface area (Å²) >= 11 is 0. The van der Waals surface area contributed by atoms with Gasteiger partial charge in [-0.05, 0) is 43.9 Å². The molecule has 2 aliphatic carbocycles. The van der Waals surface area contributed by atoms with Crippen LogP contribution in [0.25, 0.3) is 0 Å². The summed E-state index contributed by atoms with van der Waals surface area (Å²) in [5.74, 6) is 1.71. The standard InChI is InChI=1S/C18H35N3OS/c1-4-18(11-6-7-12-18)14-20-17(19-3)21-15-9-8-10-16(13-15)23(22)5-2/h15-16H,4-14H2,1-3H3,(H2,19,20,21). The average Bonchev–Trinajstić information content (AvgIpc) is 3.07. The van der Waals surface area contributed by atoms with E-state index in [-0.39, 0.29) is 0 Å². The third kappa shape index (κ3) is 5.20. The van der Waals surface area contributed by atoms with E-state index in [1.807, 2.05) is 14.0 Å². The van der Waals surface area contributed by atoms with Crippen molar-refractivity contribution in [2.75, 3.05) is 19.3 Å². The number of nitrogens with one attached hydrogen (secondary N) is 2. The van der Waals surface area contributed by atoms with E-state index >= 15 is 0 Å². The van der Waals surface area contributed by atoms with Gasteiger partial charge in [-0.2, -0.15) is 0 Å². The van der Waals surface area contributed by atoms with Gasteiger partial charge in [0.05, 0.1) is 0 Å². The summed E-state index contributed by atoms with van der Waals surface area (Å²) in [6, 6.07) is 0.414. The Bertz CT molecular complexity index is 418. The summed E-state index contributed by atoms with van der Waals surface area (Å²) in [4.78, 5) is 4.42. The van der Waals surface area contributed by atoms with Gasteiger partial charge < -0.3 is 10.6 Å². The molecule has 2 fully saturated rings. The first-order valence-electron chi connectivity index (χ1n) is 9.47. The SMILES string of the molecule is CCS(=O)C1CCCC(NC(=NC)NCC2(CC)CCCC2)C1. The Hall–Kier alpha value is -0.580. The van der Waals surface area contributed by atoms with Crippen LogP contribution in [-0.2, 0) is 10.8 Å². The van der Waals surface area contributed by atoms with E-state index in [0.29, 0.717) is 16.7 Å². The second-order valence-electron chi connectivity index (χ2n) is 7.29. The van der Waals surface area contributed by atoms with Gasteiger partial charge in [-0.3, -0.25) is 9.20 Å². The van der Waals surface area contributed by atoms with E-state index < -0.39 is 10.8 Å². The van der Waals surface area contributed by atoms with Crippen molar-refractivity contribution >= 4 is 16.8 Å². The van der Waals surface area contributed by atoms with Crippen LogP contribution in [0.1, 0.15) is 71.6 Å². The minimum atomic E-state index is -0.665. The minimum absolute atomic E-state index is 0.362. The van der Waals surface area contributed by atoms with Crippen molar-refractivity contribution in [3.05, 3.63) is 0 Å². The molecule has 0 spiro atoms. The molecule has 0 aromatic heterocycles. The second kappa shape index (κ2) is 9.05. The third-order valence-corrected chi connectivity index (χ3v) is 7.63. The lowest BCUT2D eigenvalue weighted by molar-refractivity contribution is 0.282. The normalized spacial score (nSPS) is 29.3. The molecule has 134 valence electrons. The zero-order chi connectivity index (χ0) is 16.7. The Balaban J connectivity index is 1.83. The van der Waals surface area contributed by atoms with Crippen LogP contribution in [0.15, 0.2) is 4.99 Å². The van der Waals surface area contributed by atoms with Crippen molar-refractivity contribution in [3.63, 3.8) is 0 Å². The fourth-order valence-corrected chi connectivity index (χ4v) is 5.54. The molecule has 4 nitrogen and oxygen atoms in total. The number of hydrogen-bond acceptors (Lipinski definition) is 2. The molecule has 2 aliphatic rings. The predicted molar refractivity (Wildman–Crippen MR) is 100 cm³/mol. The quantitative estimate of drug-likeness (QED) is 0.576. The molecular formula is C18H35N3OS. The lowest BCUT2D eigenvalue weighted by Crippen LogP contribution is -2.48. The molecule has 3 atom stereocenters. The highest BCUT2D eigenvalue weighted by molar-refractivity contribution is 7.85.